The van der Waals surface area contributed by atoms with E-state index < -0.39 is 0 Å². The van der Waals surface area contributed by atoms with Crippen molar-refractivity contribution in [2.75, 3.05) is 0 Å². The van der Waals surface area contributed by atoms with Crippen LogP contribution in [0.4, 0.5) is 0 Å². The maximum Gasteiger partial charge on any atom is 0.112 e. The fourth-order valence-corrected chi connectivity index (χ4v) is 2.07. The van der Waals surface area contributed by atoms with Crippen molar-refractivity contribution in [3.05, 3.63) is 39.7 Å². The Morgan fingerprint density at radius 1 is 1.29 bits per heavy atom. The van der Waals surface area contributed by atoms with Gasteiger partial charge in [0.1, 0.15) is 10.3 Å². The molecule has 0 unspecified atom stereocenters. The van der Waals surface area contributed by atoms with Crippen molar-refractivity contribution >= 4 is 31.9 Å². The van der Waals surface area contributed by atoms with Crippen LogP contribution in [0.5, 0.6) is 0 Å². The highest BCUT2D eigenvalue weighted by Crippen LogP contribution is 2.27. The predicted octanol–water partition coefficient (Wildman–Crippen LogP) is 3.61. The number of hydrogen-bond acceptors (Lipinski definition) is 1. The van der Waals surface area contributed by atoms with Gasteiger partial charge in [0.15, 0.2) is 0 Å². The Morgan fingerprint density at radius 2 is 2.07 bits per heavy atom. The lowest BCUT2D eigenvalue weighted by Crippen LogP contribution is -1.84. The first kappa shape index (κ1) is 9.93. The molecule has 0 saturated carbocycles. The summed E-state index contributed by atoms with van der Waals surface area (Å²) in [5, 5.41) is 0. The summed E-state index contributed by atoms with van der Waals surface area (Å²) >= 11 is 6.94. The molecule has 1 aromatic heterocycles. The zero-order valence-corrected chi connectivity index (χ0v) is 10.7. The predicted molar refractivity (Wildman–Crippen MR) is 64.0 cm³/mol. The van der Waals surface area contributed by atoms with Crippen molar-refractivity contribution in [3.63, 3.8) is 0 Å². The molecule has 0 bridgehead atoms. The molecule has 2 rings (SSSR count). The van der Waals surface area contributed by atoms with E-state index in [4.69, 9.17) is 0 Å². The smallest absolute Gasteiger partial charge is 0.112 e. The minimum Gasteiger partial charge on any atom is -0.328 e. The molecule has 0 aliphatic carbocycles. The van der Waals surface area contributed by atoms with Gasteiger partial charge in [-0.2, -0.15) is 0 Å². The molecule has 0 saturated heterocycles. The van der Waals surface area contributed by atoms with E-state index in [-0.39, 0.29) is 0 Å². The molecule has 0 aliphatic heterocycles. The third-order valence-corrected chi connectivity index (χ3v) is 3.39. The van der Waals surface area contributed by atoms with Gasteiger partial charge in [0.2, 0.25) is 0 Å². The molecule has 0 aliphatic rings. The molecule has 0 fully saturated rings. The van der Waals surface area contributed by atoms with Crippen LogP contribution in [0.15, 0.2) is 39.7 Å². The summed E-state index contributed by atoms with van der Waals surface area (Å²) < 4.78 is 4.00. The third kappa shape index (κ3) is 1.77. The Balaban J connectivity index is 2.55. The van der Waals surface area contributed by atoms with Crippen molar-refractivity contribution in [2.45, 2.75) is 0 Å². The Morgan fingerprint density at radius 3 is 2.64 bits per heavy atom. The topological polar surface area (TPSA) is 17.8 Å². The largest absolute Gasteiger partial charge is 0.328 e. The van der Waals surface area contributed by atoms with Gasteiger partial charge in [-0.3, -0.25) is 0 Å². The molecule has 0 atom stereocenters. The zero-order valence-electron chi connectivity index (χ0n) is 7.54. The standard InChI is InChI=1S/C10H8Br2N2/c1-14-6-13-9(10(14)12)7-3-2-4-8(11)5-7/h2-6H,1H3. The molecule has 4 heteroatoms. The first-order valence-corrected chi connectivity index (χ1v) is 5.70. The zero-order chi connectivity index (χ0) is 10.1. The monoisotopic (exact) mass is 314 g/mol. The van der Waals surface area contributed by atoms with E-state index in [9.17, 15) is 0 Å². The van der Waals surface area contributed by atoms with Crippen LogP contribution in [-0.2, 0) is 7.05 Å². The quantitative estimate of drug-likeness (QED) is 0.786. The number of aryl methyl sites for hydroxylation is 1. The normalized spacial score (nSPS) is 10.5. The fourth-order valence-electron chi connectivity index (χ4n) is 1.24. The summed E-state index contributed by atoms with van der Waals surface area (Å²) in [6.45, 7) is 0. The second-order valence-corrected chi connectivity index (χ2v) is 4.67. The molecule has 0 spiro atoms. The van der Waals surface area contributed by atoms with Crippen LogP contribution in [0, 0.1) is 0 Å². The summed E-state index contributed by atoms with van der Waals surface area (Å²) in [7, 11) is 1.96. The van der Waals surface area contributed by atoms with Gasteiger partial charge in [0, 0.05) is 17.1 Å². The van der Waals surface area contributed by atoms with Crippen LogP contribution in [0.2, 0.25) is 0 Å². The molecule has 0 amide bonds. The molecule has 2 nitrogen and oxygen atoms in total. The summed E-state index contributed by atoms with van der Waals surface area (Å²) in [6.07, 6.45) is 1.79. The van der Waals surface area contributed by atoms with Crippen molar-refractivity contribution in [2.24, 2.45) is 7.05 Å². The van der Waals surface area contributed by atoms with E-state index in [1.165, 1.54) is 0 Å². The minimum atomic E-state index is 0.966. The van der Waals surface area contributed by atoms with Crippen LogP contribution >= 0.6 is 31.9 Å². The average Bonchev–Trinajstić information content (AvgIpc) is 2.48. The van der Waals surface area contributed by atoms with Crippen LogP contribution in [0.3, 0.4) is 0 Å². The number of nitrogens with zero attached hydrogens (tertiary/aromatic N) is 2. The summed E-state index contributed by atoms with van der Waals surface area (Å²) in [5.41, 5.74) is 2.07. The SMILES string of the molecule is Cn1cnc(-c2cccc(Br)c2)c1Br. The lowest BCUT2D eigenvalue weighted by molar-refractivity contribution is 0.891. The molecule has 0 radical (unpaired) electrons. The average molecular weight is 316 g/mol. The Bertz CT molecular complexity index is 463. The van der Waals surface area contributed by atoms with Crippen LogP contribution < -0.4 is 0 Å². The maximum absolute atomic E-state index is 4.32. The number of aromatic nitrogens is 2. The highest BCUT2D eigenvalue weighted by Gasteiger charge is 2.07. The van der Waals surface area contributed by atoms with Crippen molar-refractivity contribution < 1.29 is 0 Å². The highest BCUT2D eigenvalue weighted by atomic mass is 79.9. The van der Waals surface area contributed by atoms with E-state index in [2.05, 4.69) is 36.8 Å². The van der Waals surface area contributed by atoms with Gasteiger partial charge in [-0.15, -0.1) is 0 Å². The van der Waals surface area contributed by atoms with Gasteiger partial charge in [0.05, 0.1) is 6.33 Å². The van der Waals surface area contributed by atoms with Crippen LogP contribution in [0.25, 0.3) is 11.3 Å². The number of hydrogen-bond donors (Lipinski definition) is 0. The molecule has 0 N–H and O–H groups in total. The van der Waals surface area contributed by atoms with E-state index >= 15 is 0 Å². The second kappa shape index (κ2) is 3.87. The lowest BCUT2D eigenvalue weighted by Gasteiger charge is -1.99. The second-order valence-electron chi connectivity index (χ2n) is 3.01. The van der Waals surface area contributed by atoms with Gasteiger partial charge in [-0.25, -0.2) is 4.98 Å². The molecule has 72 valence electrons. The third-order valence-electron chi connectivity index (χ3n) is 1.96. The molecule has 14 heavy (non-hydrogen) atoms. The van der Waals surface area contributed by atoms with Gasteiger partial charge in [-0.05, 0) is 28.1 Å². The molecule has 2 aromatic rings. The van der Waals surface area contributed by atoms with E-state index in [0.717, 1.165) is 20.3 Å². The lowest BCUT2D eigenvalue weighted by atomic mass is 10.2. The van der Waals surface area contributed by atoms with E-state index in [1.54, 1.807) is 6.33 Å². The van der Waals surface area contributed by atoms with Crippen molar-refractivity contribution in [1.29, 1.82) is 0 Å². The highest BCUT2D eigenvalue weighted by molar-refractivity contribution is 9.10. The van der Waals surface area contributed by atoms with E-state index in [0.29, 0.717) is 0 Å². The van der Waals surface area contributed by atoms with Gasteiger partial charge in [-0.1, -0.05) is 28.1 Å². The Hall–Kier alpha value is -0.610. The van der Waals surface area contributed by atoms with Gasteiger partial charge in [0.25, 0.3) is 0 Å². The number of halogens is 2. The van der Waals surface area contributed by atoms with Crippen LogP contribution in [-0.4, -0.2) is 9.55 Å². The number of imidazole rings is 1. The first-order chi connectivity index (χ1) is 6.68. The number of benzene rings is 1. The van der Waals surface area contributed by atoms with Gasteiger partial charge < -0.3 is 4.57 Å². The summed E-state index contributed by atoms with van der Waals surface area (Å²) in [5.74, 6) is 0. The first-order valence-electron chi connectivity index (χ1n) is 4.11. The van der Waals surface area contributed by atoms with Crippen molar-refractivity contribution in [3.8, 4) is 11.3 Å². The summed E-state index contributed by atoms with van der Waals surface area (Å²) in [6, 6.07) is 8.09. The fraction of sp³-hybridized carbons (Fsp3) is 0.100. The number of rotatable bonds is 1. The summed E-state index contributed by atoms with van der Waals surface area (Å²) in [4.78, 5) is 4.32. The molecule has 1 heterocycles. The van der Waals surface area contributed by atoms with E-state index in [1.807, 2.05) is 35.9 Å². The van der Waals surface area contributed by atoms with Gasteiger partial charge >= 0.3 is 0 Å². The Kier molecular flexibility index (Phi) is 2.74. The van der Waals surface area contributed by atoms with Crippen LogP contribution in [0.1, 0.15) is 0 Å². The van der Waals surface area contributed by atoms with Crippen molar-refractivity contribution in [1.82, 2.24) is 9.55 Å². The molecule has 1 aromatic carbocycles. The molecular formula is C10H8Br2N2. The Labute approximate surface area is 99.2 Å². The minimum absolute atomic E-state index is 0.966. The molecular weight excluding hydrogens is 308 g/mol. The maximum atomic E-state index is 4.32.